The van der Waals surface area contributed by atoms with Crippen molar-refractivity contribution in [3.8, 4) is 11.8 Å². The maximum absolute atomic E-state index is 10.7. The van der Waals surface area contributed by atoms with Crippen LogP contribution < -0.4 is 4.74 Å². The Labute approximate surface area is 95.9 Å². The van der Waals surface area contributed by atoms with Gasteiger partial charge in [0.15, 0.2) is 0 Å². The van der Waals surface area contributed by atoms with E-state index in [0.29, 0.717) is 11.8 Å². The van der Waals surface area contributed by atoms with Gasteiger partial charge in [-0.05, 0) is 6.92 Å². The Hall–Kier alpha value is -1.82. The van der Waals surface area contributed by atoms with E-state index >= 15 is 0 Å². The smallest absolute Gasteiger partial charge is 0.346 e. The molecule has 5 nitrogen and oxygen atoms in total. The topological polar surface area (TPSA) is 64.4 Å². The van der Waals surface area contributed by atoms with Crippen LogP contribution in [-0.2, 0) is 6.54 Å². The first-order valence-electron chi connectivity index (χ1n) is 4.71. The fraction of sp³-hybridized carbons (Fsp3) is 0.200. The highest BCUT2D eigenvalue weighted by molar-refractivity contribution is 7.12. The van der Waals surface area contributed by atoms with Gasteiger partial charge >= 0.3 is 12.0 Å². The van der Waals surface area contributed by atoms with E-state index in [9.17, 15) is 4.79 Å². The number of nitrogens with zero attached hydrogens (tertiary/aromatic N) is 2. The van der Waals surface area contributed by atoms with Gasteiger partial charge in [-0.3, -0.25) is 0 Å². The van der Waals surface area contributed by atoms with Crippen LogP contribution in [0.3, 0.4) is 0 Å². The van der Waals surface area contributed by atoms with Crippen LogP contribution in [0, 0.1) is 0 Å². The van der Waals surface area contributed by atoms with Crippen molar-refractivity contribution in [2.75, 3.05) is 0 Å². The SMILES string of the molecule is CCn1ccnc1Oc1csc(C(=O)O)c1. The van der Waals surface area contributed by atoms with E-state index in [1.165, 1.54) is 6.07 Å². The molecule has 1 N–H and O–H groups in total. The Kier molecular flexibility index (Phi) is 2.91. The third-order valence-electron chi connectivity index (χ3n) is 2.01. The summed E-state index contributed by atoms with van der Waals surface area (Å²) in [6.45, 7) is 2.73. The third kappa shape index (κ3) is 2.06. The monoisotopic (exact) mass is 238 g/mol. The molecule has 0 radical (unpaired) electrons. The number of carboxylic acid groups (broad SMARTS) is 1. The van der Waals surface area contributed by atoms with Gasteiger partial charge in [0.1, 0.15) is 10.6 Å². The molecule has 0 aromatic carbocycles. The van der Waals surface area contributed by atoms with Crippen LogP contribution >= 0.6 is 11.3 Å². The lowest BCUT2D eigenvalue weighted by molar-refractivity contribution is 0.0702. The van der Waals surface area contributed by atoms with Crippen LogP contribution in [0.1, 0.15) is 16.6 Å². The fourth-order valence-electron chi connectivity index (χ4n) is 1.23. The number of aromatic carboxylic acids is 1. The number of ether oxygens (including phenoxy) is 1. The molecule has 0 aliphatic heterocycles. The standard InChI is InChI=1S/C10H10N2O3S/c1-2-12-4-3-11-10(12)15-7-5-8(9(13)14)16-6-7/h3-6H,2H2,1H3,(H,13,14). The first-order valence-corrected chi connectivity index (χ1v) is 5.59. The molecule has 0 saturated carbocycles. The lowest BCUT2D eigenvalue weighted by Gasteiger charge is -2.03. The minimum Gasteiger partial charge on any atom is -0.477 e. The van der Waals surface area contributed by atoms with Crippen molar-refractivity contribution < 1.29 is 14.6 Å². The summed E-state index contributed by atoms with van der Waals surface area (Å²) in [5.74, 6) is -0.443. The fourth-order valence-corrected chi connectivity index (χ4v) is 1.88. The molecule has 0 atom stereocenters. The molecule has 0 spiro atoms. The van der Waals surface area contributed by atoms with Crippen LogP contribution in [0.5, 0.6) is 11.8 Å². The van der Waals surface area contributed by atoms with Gasteiger partial charge in [-0.2, -0.15) is 0 Å². The van der Waals surface area contributed by atoms with E-state index in [2.05, 4.69) is 4.98 Å². The zero-order valence-electron chi connectivity index (χ0n) is 8.58. The molecule has 0 saturated heterocycles. The maximum atomic E-state index is 10.7. The number of carbonyl (C=O) groups is 1. The summed E-state index contributed by atoms with van der Waals surface area (Å²) in [4.78, 5) is 15.0. The van der Waals surface area contributed by atoms with E-state index in [4.69, 9.17) is 9.84 Å². The second-order valence-corrected chi connectivity index (χ2v) is 3.96. The molecule has 0 aliphatic rings. The highest BCUT2D eigenvalue weighted by Crippen LogP contribution is 2.25. The van der Waals surface area contributed by atoms with Crippen molar-refractivity contribution >= 4 is 17.3 Å². The Morgan fingerprint density at radius 1 is 1.69 bits per heavy atom. The highest BCUT2D eigenvalue weighted by atomic mass is 32.1. The van der Waals surface area contributed by atoms with Crippen molar-refractivity contribution in [3.05, 3.63) is 28.7 Å². The third-order valence-corrected chi connectivity index (χ3v) is 2.91. The highest BCUT2D eigenvalue weighted by Gasteiger charge is 2.10. The van der Waals surface area contributed by atoms with E-state index in [1.807, 2.05) is 11.5 Å². The quantitative estimate of drug-likeness (QED) is 0.888. The molecule has 0 unspecified atom stereocenters. The largest absolute Gasteiger partial charge is 0.477 e. The molecule has 2 aromatic rings. The molecule has 6 heteroatoms. The number of hydrogen-bond acceptors (Lipinski definition) is 4. The zero-order chi connectivity index (χ0) is 11.5. The molecule has 0 bridgehead atoms. The maximum Gasteiger partial charge on any atom is 0.346 e. The summed E-state index contributed by atoms with van der Waals surface area (Å²) < 4.78 is 7.30. The number of thiophene rings is 1. The van der Waals surface area contributed by atoms with Gasteiger partial charge in [0.05, 0.1) is 0 Å². The summed E-state index contributed by atoms with van der Waals surface area (Å²) >= 11 is 1.13. The second-order valence-electron chi connectivity index (χ2n) is 3.05. The number of aryl methyl sites for hydroxylation is 1. The van der Waals surface area contributed by atoms with Gasteiger partial charge in [-0.1, -0.05) is 0 Å². The zero-order valence-corrected chi connectivity index (χ0v) is 9.40. The van der Waals surface area contributed by atoms with Crippen LogP contribution in [0.4, 0.5) is 0 Å². The molecule has 2 aromatic heterocycles. The van der Waals surface area contributed by atoms with Crippen LogP contribution in [0.25, 0.3) is 0 Å². The van der Waals surface area contributed by atoms with Gasteiger partial charge in [0.25, 0.3) is 0 Å². The normalized spacial score (nSPS) is 10.3. The summed E-state index contributed by atoms with van der Waals surface area (Å²) in [6, 6.07) is 1.96. The van der Waals surface area contributed by atoms with E-state index in [-0.39, 0.29) is 4.88 Å². The van der Waals surface area contributed by atoms with Gasteiger partial charge in [-0.25, -0.2) is 9.78 Å². The number of carboxylic acids is 1. The lowest BCUT2D eigenvalue weighted by atomic mass is 10.4. The van der Waals surface area contributed by atoms with Gasteiger partial charge in [-0.15, -0.1) is 11.3 Å². The van der Waals surface area contributed by atoms with Gasteiger partial charge in [0, 0.05) is 30.4 Å². The predicted octanol–water partition coefficient (Wildman–Crippen LogP) is 2.46. The van der Waals surface area contributed by atoms with Crippen molar-refractivity contribution in [1.82, 2.24) is 9.55 Å². The average Bonchev–Trinajstić information content (AvgIpc) is 2.87. The van der Waals surface area contributed by atoms with E-state index in [0.717, 1.165) is 17.9 Å². The Morgan fingerprint density at radius 2 is 2.50 bits per heavy atom. The Morgan fingerprint density at radius 3 is 3.12 bits per heavy atom. The number of rotatable bonds is 4. The number of aromatic nitrogens is 2. The van der Waals surface area contributed by atoms with Crippen LogP contribution in [-0.4, -0.2) is 20.6 Å². The van der Waals surface area contributed by atoms with Crippen molar-refractivity contribution in [2.24, 2.45) is 0 Å². The van der Waals surface area contributed by atoms with Crippen LogP contribution in [0.15, 0.2) is 23.8 Å². The van der Waals surface area contributed by atoms with Crippen molar-refractivity contribution in [1.29, 1.82) is 0 Å². The first kappa shape index (κ1) is 10.7. The summed E-state index contributed by atoms with van der Waals surface area (Å²) in [5.41, 5.74) is 0. The van der Waals surface area contributed by atoms with E-state index in [1.54, 1.807) is 17.8 Å². The average molecular weight is 238 g/mol. The Balaban J connectivity index is 2.17. The molecule has 0 amide bonds. The summed E-state index contributed by atoms with van der Waals surface area (Å²) in [5, 5.41) is 10.4. The predicted molar refractivity (Wildman–Crippen MR) is 59.3 cm³/mol. The molecule has 0 fully saturated rings. The van der Waals surface area contributed by atoms with Crippen molar-refractivity contribution in [2.45, 2.75) is 13.5 Å². The Bertz CT molecular complexity index is 504. The summed E-state index contributed by atoms with van der Waals surface area (Å²) in [7, 11) is 0. The lowest BCUT2D eigenvalue weighted by Crippen LogP contribution is -1.96. The molecule has 84 valence electrons. The van der Waals surface area contributed by atoms with E-state index < -0.39 is 5.97 Å². The van der Waals surface area contributed by atoms with Gasteiger partial charge < -0.3 is 14.4 Å². The van der Waals surface area contributed by atoms with Gasteiger partial charge in [0.2, 0.25) is 0 Å². The number of hydrogen-bond donors (Lipinski definition) is 1. The first-order chi connectivity index (χ1) is 7.70. The molecule has 2 heterocycles. The molecular formula is C10H10N2O3S. The van der Waals surface area contributed by atoms with Crippen molar-refractivity contribution in [3.63, 3.8) is 0 Å². The number of imidazole rings is 1. The molecule has 2 rings (SSSR count). The van der Waals surface area contributed by atoms with Crippen LogP contribution in [0.2, 0.25) is 0 Å². The second kappa shape index (κ2) is 4.36. The molecule has 16 heavy (non-hydrogen) atoms. The minimum atomic E-state index is -0.946. The summed E-state index contributed by atoms with van der Waals surface area (Å²) in [6.07, 6.45) is 3.45. The minimum absolute atomic E-state index is 0.254. The molecule has 0 aliphatic carbocycles. The molecular weight excluding hydrogens is 228 g/mol.